The Morgan fingerprint density at radius 2 is 0.812 bits per heavy atom. The van der Waals surface area contributed by atoms with Crippen molar-refractivity contribution >= 4 is 76.5 Å². The number of hydrogen-bond acceptors (Lipinski definition) is 22. The van der Waals surface area contributed by atoms with Gasteiger partial charge in [0.15, 0.2) is 0 Å². The number of esters is 8. The highest BCUT2D eigenvalue weighted by atomic mass is 35.5. The molecule has 1 aliphatic rings. The van der Waals surface area contributed by atoms with Crippen LogP contribution in [0.1, 0.15) is 165 Å². The summed E-state index contributed by atoms with van der Waals surface area (Å²) < 4.78 is 67.5. The first-order valence-corrected chi connectivity index (χ1v) is 27.0. The van der Waals surface area contributed by atoms with E-state index in [2.05, 4.69) is 49.2 Å². The summed E-state index contributed by atoms with van der Waals surface area (Å²) in [7, 11) is 0. The van der Waals surface area contributed by atoms with Crippen LogP contribution in [0.3, 0.4) is 0 Å². The number of aliphatic carboxylic acids is 2. The predicted molar refractivity (Wildman–Crippen MR) is 303 cm³/mol. The molecule has 0 spiro atoms. The van der Waals surface area contributed by atoms with Crippen LogP contribution in [0, 0.1) is 0 Å². The molecule has 0 saturated carbocycles. The number of aliphatic hydroxyl groups excluding tert-OH is 4. The molecule has 6 N–H and O–H groups in total. The van der Waals surface area contributed by atoms with Crippen LogP contribution in [0.25, 0.3) is 0 Å². The number of allylic oxidation sites excluding steroid dienone is 1. The lowest BCUT2D eigenvalue weighted by molar-refractivity contribution is -0.152. The molecule has 1 heterocycles. The fourth-order valence-electron chi connectivity index (χ4n) is 4.71. The van der Waals surface area contributed by atoms with Gasteiger partial charge in [0.05, 0.1) is 88.9 Å². The number of carbonyl (C=O) groups excluding carboxylic acids is 9. The Morgan fingerprint density at radius 3 is 1.08 bits per heavy atom. The summed E-state index contributed by atoms with van der Waals surface area (Å²) in [5.74, 6) is -5.52. The second-order valence-corrected chi connectivity index (χ2v) is 18.9. The van der Waals surface area contributed by atoms with Crippen LogP contribution in [-0.4, -0.2) is 165 Å². The Balaban J connectivity index is -0.000000221. The molecule has 0 aromatic rings. The Kier molecular flexibility index (Phi) is 57.9. The molecule has 0 aromatic heterocycles. The monoisotopic (exact) mass is 1250 g/mol. The van der Waals surface area contributed by atoms with Gasteiger partial charge in [0, 0.05) is 35.5 Å². The number of rotatable bonds is 32. The zero-order chi connectivity index (χ0) is 67.4. The summed E-state index contributed by atoms with van der Waals surface area (Å²) in [5.41, 5.74) is -0.0397. The summed E-state index contributed by atoms with van der Waals surface area (Å²) in [5, 5.41) is 49.4. The number of carboxylic acids is 2. The van der Waals surface area contributed by atoms with Gasteiger partial charge in [-0.05, 0) is 138 Å². The van der Waals surface area contributed by atoms with Crippen LogP contribution in [0.2, 0.25) is 0 Å². The van der Waals surface area contributed by atoms with E-state index >= 15 is 0 Å². The van der Waals surface area contributed by atoms with E-state index in [1.807, 2.05) is 0 Å². The molecule has 1 saturated heterocycles. The van der Waals surface area contributed by atoms with Crippen LogP contribution in [0.15, 0.2) is 60.8 Å². The summed E-state index contributed by atoms with van der Waals surface area (Å²) in [6, 6.07) is 0. The molecule has 1 fully saturated rings. The van der Waals surface area contributed by atoms with Gasteiger partial charge in [-0.1, -0.05) is 32.9 Å². The van der Waals surface area contributed by atoms with Crippen LogP contribution < -0.4 is 0 Å². The van der Waals surface area contributed by atoms with E-state index in [1.54, 1.807) is 62.3 Å². The molecule has 0 amide bonds. The Labute approximate surface area is 500 Å². The number of alkyl halides is 3. The molecule has 0 aromatic carbocycles. The number of cyclic esters (lactones) is 2. The average Bonchev–Trinajstić information content (AvgIpc) is 3.84. The van der Waals surface area contributed by atoms with Crippen LogP contribution >= 0.6 is 11.6 Å². The van der Waals surface area contributed by atoms with Crippen molar-refractivity contribution in [2.75, 3.05) is 33.0 Å². The van der Waals surface area contributed by atoms with Crippen LogP contribution in [-0.2, 0) is 85.9 Å². The third-order valence-electron chi connectivity index (χ3n) is 9.32. The zero-order valence-corrected chi connectivity index (χ0v) is 51.1. The molecule has 5 atom stereocenters. The molecule has 0 bridgehead atoms. The highest BCUT2D eigenvalue weighted by Crippen LogP contribution is 2.25. The van der Waals surface area contributed by atoms with Crippen molar-refractivity contribution in [1.82, 2.24) is 0 Å². The van der Waals surface area contributed by atoms with Gasteiger partial charge in [0.2, 0.25) is 0 Å². The van der Waals surface area contributed by atoms with Crippen molar-refractivity contribution in [1.29, 1.82) is 0 Å². The molecule has 28 heteroatoms. The van der Waals surface area contributed by atoms with Gasteiger partial charge in [-0.2, -0.15) is 13.2 Å². The van der Waals surface area contributed by atoms with Gasteiger partial charge in [-0.15, -0.1) is 0 Å². The normalized spacial score (nSPS) is 12.6. The lowest BCUT2D eigenvalue weighted by atomic mass is 10.2. The smallest absolute Gasteiger partial charge is 0.420 e. The molecule has 0 radical (unpaired) electrons. The predicted octanol–water partition coefficient (Wildman–Crippen LogP) is 7.76. The minimum Gasteiger partial charge on any atom is -0.481 e. The van der Waals surface area contributed by atoms with Crippen molar-refractivity contribution in [3.63, 3.8) is 0 Å². The third kappa shape index (κ3) is 69.6. The van der Waals surface area contributed by atoms with Gasteiger partial charge in [-0.3, -0.25) is 33.6 Å². The highest BCUT2D eigenvalue weighted by molar-refractivity contribution is 6.67. The number of hydrogen-bond donors (Lipinski definition) is 6. The fourth-order valence-corrected chi connectivity index (χ4v) is 4.82. The van der Waals surface area contributed by atoms with Crippen molar-refractivity contribution in [2.24, 2.45) is 0 Å². The van der Waals surface area contributed by atoms with E-state index < -0.39 is 64.7 Å². The summed E-state index contributed by atoms with van der Waals surface area (Å²) in [6.07, 6.45) is 0.0929. The van der Waals surface area contributed by atoms with Crippen molar-refractivity contribution in [2.45, 2.75) is 202 Å². The molecular weight excluding hydrogens is 1160 g/mol. The Hall–Kier alpha value is -6.81. The van der Waals surface area contributed by atoms with E-state index in [9.17, 15) is 65.9 Å². The standard InChI is InChI=1S/2C13H20O6.2C9H16O3.C5H12O2.C4H2ClF3O.C4H4O3/c1-9(2)13(17)18-8-4-5-10(3)19-12(16)7-6-11(14)15;1-9(2)13(17)19-10(3)5-4-8-18-12(16)7-6-11(14)15;1-7(2)9(11)12-6-4-5-8(3)10;1-7(2)9(11)12-8(3)5-4-6-10;1-5(7)3-2-4-6;1-2(3(5)9)4(6,7)8;5-3-1-2-4(6)7-3/h2*10H,1,4-8H2,2-3H3,(H,14,15);2*8,10H,1,4-6H2,2-3H3;5-7H,2-4H2,1H3;1H2;1-2H2. The van der Waals surface area contributed by atoms with Gasteiger partial charge in [0.25, 0.3) is 5.24 Å². The molecule has 1 aliphatic heterocycles. The molecule has 85 heavy (non-hydrogen) atoms. The number of ether oxygens (including phenoxy) is 7. The lowest BCUT2D eigenvalue weighted by Crippen LogP contribution is -2.17. The Bertz CT molecular complexity index is 2090. The lowest BCUT2D eigenvalue weighted by Gasteiger charge is -2.13. The molecular formula is C57H90ClF3O24. The first-order chi connectivity index (χ1) is 39.2. The minimum atomic E-state index is -4.70. The second kappa shape index (κ2) is 55.1. The van der Waals surface area contributed by atoms with Gasteiger partial charge >= 0.3 is 65.9 Å². The van der Waals surface area contributed by atoms with E-state index in [1.165, 1.54) is 0 Å². The van der Waals surface area contributed by atoms with Gasteiger partial charge in [0.1, 0.15) is 5.57 Å². The SMILES string of the molecule is C=C(C(=O)Cl)C(F)(F)F.C=C(C)C(=O)OC(C)CCCO.C=C(C)C(=O)OC(C)CCCOC(=O)CCC(=O)O.C=C(C)C(=O)OCCCC(C)O.C=C(C)C(=O)OCCCC(C)OC(=O)CCC(=O)O.CC(O)CCCO.O=C1CCC(=O)O1. The van der Waals surface area contributed by atoms with Crippen LogP contribution in [0.4, 0.5) is 13.2 Å². The zero-order valence-electron chi connectivity index (χ0n) is 50.3. The first kappa shape index (κ1) is 89.4. The maximum absolute atomic E-state index is 11.3. The van der Waals surface area contributed by atoms with E-state index in [4.69, 9.17) is 59.1 Å². The van der Waals surface area contributed by atoms with Crippen molar-refractivity contribution in [3.8, 4) is 0 Å². The highest BCUT2D eigenvalue weighted by Gasteiger charge is 2.35. The summed E-state index contributed by atoms with van der Waals surface area (Å²) in [4.78, 5) is 116. The maximum Gasteiger partial charge on any atom is 0.420 e. The fraction of sp³-hybridized carbons (Fsp3) is 0.632. The van der Waals surface area contributed by atoms with Gasteiger partial charge in [-0.25, -0.2) is 19.2 Å². The second-order valence-electron chi connectivity index (χ2n) is 18.6. The molecule has 490 valence electrons. The quantitative estimate of drug-likeness (QED) is 0.00935. The molecule has 24 nitrogen and oxygen atoms in total. The van der Waals surface area contributed by atoms with E-state index in [0.29, 0.717) is 93.1 Å². The Morgan fingerprint density at radius 1 is 0.506 bits per heavy atom. The van der Waals surface area contributed by atoms with E-state index in [-0.39, 0.29) is 107 Å². The number of halogens is 4. The maximum atomic E-state index is 11.3. The number of carbonyl (C=O) groups is 11. The number of carboxylic acid groups (broad SMARTS) is 2. The minimum absolute atomic E-state index is 0.129. The molecule has 1 rings (SSSR count). The first-order valence-electron chi connectivity index (χ1n) is 26.6. The number of aliphatic hydroxyl groups is 4. The van der Waals surface area contributed by atoms with Crippen LogP contribution in [0.5, 0.6) is 0 Å². The third-order valence-corrected chi connectivity index (χ3v) is 9.55. The summed E-state index contributed by atoms with van der Waals surface area (Å²) >= 11 is 4.45. The largest absolute Gasteiger partial charge is 0.481 e. The van der Waals surface area contributed by atoms with E-state index in [0.717, 1.165) is 0 Å². The van der Waals surface area contributed by atoms with Gasteiger partial charge < -0.3 is 63.8 Å². The van der Waals surface area contributed by atoms with Crippen molar-refractivity contribution in [3.05, 3.63) is 60.8 Å². The molecule has 0 aliphatic carbocycles. The topological polar surface area (TPSA) is 374 Å². The molecule has 5 unspecified atom stereocenters. The van der Waals surface area contributed by atoms with Crippen molar-refractivity contribution < 1.29 is 130 Å². The summed E-state index contributed by atoms with van der Waals surface area (Å²) in [6.45, 7) is 32.4. The average molecular weight is 1250 g/mol.